The number of esters is 1. The molecule has 3 rings (SSSR count). The van der Waals surface area contributed by atoms with Gasteiger partial charge in [-0.2, -0.15) is 18.2 Å². The summed E-state index contributed by atoms with van der Waals surface area (Å²) in [5.74, 6) is -1.23. The predicted molar refractivity (Wildman–Crippen MR) is 153 cm³/mol. The fourth-order valence-electron chi connectivity index (χ4n) is 4.75. The molecule has 0 atom stereocenters. The second-order valence-electron chi connectivity index (χ2n) is 10.3. The zero-order valence-electron chi connectivity index (χ0n) is 24.4. The largest absolute Gasteiger partial charge is 0.459 e. The van der Waals surface area contributed by atoms with Crippen LogP contribution in [-0.2, 0) is 40.0 Å². The van der Waals surface area contributed by atoms with E-state index in [1.165, 1.54) is 63.1 Å². The number of amides is 1. The molecular formula is C32H40F3N3O4. The van der Waals surface area contributed by atoms with Gasteiger partial charge in [-0.3, -0.25) is 4.79 Å². The summed E-state index contributed by atoms with van der Waals surface area (Å²) in [5.41, 5.74) is 0.188. The number of rotatable bonds is 16. The lowest BCUT2D eigenvalue weighted by Crippen LogP contribution is -2.37. The summed E-state index contributed by atoms with van der Waals surface area (Å²) < 4.78 is 51.2. The molecule has 0 aliphatic heterocycles. The second kappa shape index (κ2) is 16.7. The molecule has 1 aromatic heterocycles. The van der Waals surface area contributed by atoms with Gasteiger partial charge in [0.2, 0.25) is 0 Å². The van der Waals surface area contributed by atoms with Gasteiger partial charge >= 0.3 is 18.1 Å². The smallest absolute Gasteiger partial charge is 0.416 e. The Morgan fingerprint density at radius 1 is 0.881 bits per heavy atom. The van der Waals surface area contributed by atoms with E-state index in [9.17, 15) is 22.8 Å². The molecule has 1 heterocycles. The van der Waals surface area contributed by atoms with E-state index in [1.807, 2.05) is 0 Å². The third-order valence-electron chi connectivity index (χ3n) is 6.94. The van der Waals surface area contributed by atoms with Crippen LogP contribution in [0.1, 0.15) is 94.1 Å². The highest BCUT2D eigenvalue weighted by Gasteiger charge is 2.34. The minimum atomic E-state index is -4.61. The van der Waals surface area contributed by atoms with Gasteiger partial charge in [-0.25, -0.2) is 4.79 Å². The molecule has 0 aliphatic carbocycles. The first kappa shape index (κ1) is 32.8. The Hall–Kier alpha value is -3.69. The fraction of sp³-hybridized carbons (Fsp3) is 0.500. The number of nitrogens with zero attached hydrogens (tertiary/aromatic N) is 3. The van der Waals surface area contributed by atoms with Crippen LogP contribution in [0.25, 0.3) is 11.5 Å². The zero-order valence-corrected chi connectivity index (χ0v) is 24.4. The average Bonchev–Trinajstić information content (AvgIpc) is 3.45. The van der Waals surface area contributed by atoms with Crippen LogP contribution in [0.4, 0.5) is 13.2 Å². The van der Waals surface area contributed by atoms with E-state index < -0.39 is 30.2 Å². The van der Waals surface area contributed by atoms with Gasteiger partial charge in [0.15, 0.2) is 5.82 Å². The first-order valence-electron chi connectivity index (χ1n) is 14.8. The number of alkyl halides is 3. The maximum Gasteiger partial charge on any atom is 0.416 e. The van der Waals surface area contributed by atoms with Crippen LogP contribution in [0.3, 0.4) is 0 Å². The van der Waals surface area contributed by atoms with Crippen LogP contribution in [0.2, 0.25) is 0 Å². The number of halogens is 3. The summed E-state index contributed by atoms with van der Waals surface area (Å²) in [6.07, 6.45) is 7.06. The molecule has 0 radical (unpaired) electrons. The van der Waals surface area contributed by atoms with Crippen LogP contribution >= 0.6 is 0 Å². The van der Waals surface area contributed by atoms with Gasteiger partial charge in [-0.15, -0.1) is 0 Å². The molecule has 0 unspecified atom stereocenters. The normalized spacial score (nSPS) is 11.5. The maximum atomic E-state index is 13.6. The van der Waals surface area contributed by atoms with Gasteiger partial charge < -0.3 is 14.2 Å². The van der Waals surface area contributed by atoms with Gasteiger partial charge in [0.1, 0.15) is 0 Å². The topological polar surface area (TPSA) is 85.5 Å². The van der Waals surface area contributed by atoms with Crippen molar-refractivity contribution in [3.05, 3.63) is 71.0 Å². The molecule has 0 N–H and O–H groups in total. The van der Waals surface area contributed by atoms with E-state index >= 15 is 0 Å². The summed E-state index contributed by atoms with van der Waals surface area (Å²) in [6, 6.07) is 11.9. The van der Waals surface area contributed by atoms with Crippen LogP contribution in [0, 0.1) is 0 Å². The highest BCUT2D eigenvalue weighted by Crippen LogP contribution is 2.33. The number of ether oxygens (including phenoxy) is 1. The summed E-state index contributed by atoms with van der Waals surface area (Å²) in [5, 5.41) is 4.09. The van der Waals surface area contributed by atoms with E-state index in [2.05, 4.69) is 17.1 Å². The summed E-state index contributed by atoms with van der Waals surface area (Å²) >= 11 is 0. The van der Waals surface area contributed by atoms with Crippen molar-refractivity contribution in [2.24, 2.45) is 0 Å². The number of carbonyl (C=O) groups is 2. The Balaban J connectivity index is 1.66. The highest BCUT2D eigenvalue weighted by atomic mass is 19.4. The number of hydrogen-bond acceptors (Lipinski definition) is 6. The molecule has 0 aliphatic rings. The Bertz CT molecular complexity index is 1280. The second-order valence-corrected chi connectivity index (χ2v) is 10.3. The van der Waals surface area contributed by atoms with Crippen LogP contribution in [0.5, 0.6) is 0 Å². The van der Waals surface area contributed by atoms with Crippen molar-refractivity contribution in [2.75, 3.05) is 6.61 Å². The number of carbonyl (C=O) groups excluding carboxylic acids is 2. The first-order valence-corrected chi connectivity index (χ1v) is 14.8. The number of aryl methyl sites for hydroxylation is 1. The first-order chi connectivity index (χ1) is 20.2. The molecule has 0 saturated heterocycles. The fourth-order valence-corrected chi connectivity index (χ4v) is 4.75. The minimum absolute atomic E-state index is 0.0361. The molecule has 42 heavy (non-hydrogen) atoms. The van der Waals surface area contributed by atoms with Gasteiger partial charge in [-0.05, 0) is 42.7 Å². The van der Waals surface area contributed by atoms with E-state index in [4.69, 9.17) is 9.26 Å². The molecule has 0 bridgehead atoms. The number of hydrogen-bond donors (Lipinski definition) is 0. The van der Waals surface area contributed by atoms with Gasteiger partial charge in [0.05, 0.1) is 12.2 Å². The van der Waals surface area contributed by atoms with Gasteiger partial charge in [-0.1, -0.05) is 93.8 Å². The van der Waals surface area contributed by atoms with Crippen molar-refractivity contribution < 1.29 is 32.0 Å². The minimum Gasteiger partial charge on any atom is -0.459 e. The summed E-state index contributed by atoms with van der Waals surface area (Å²) in [4.78, 5) is 30.7. The predicted octanol–water partition coefficient (Wildman–Crippen LogP) is 7.92. The van der Waals surface area contributed by atoms with E-state index in [0.717, 1.165) is 23.8 Å². The Morgan fingerprint density at radius 3 is 2.26 bits per heavy atom. The summed E-state index contributed by atoms with van der Waals surface area (Å²) in [7, 11) is 0. The van der Waals surface area contributed by atoms with Crippen LogP contribution in [0.15, 0.2) is 53.1 Å². The quantitative estimate of drug-likeness (QED) is 0.0962. The van der Waals surface area contributed by atoms with E-state index in [-0.39, 0.29) is 18.7 Å². The number of aromatic nitrogens is 2. The van der Waals surface area contributed by atoms with Crippen LogP contribution in [-0.4, -0.2) is 33.5 Å². The summed E-state index contributed by atoms with van der Waals surface area (Å²) in [6.45, 7) is 3.17. The molecule has 0 saturated carbocycles. The lowest BCUT2D eigenvalue weighted by molar-refractivity contribution is -0.160. The third-order valence-corrected chi connectivity index (χ3v) is 6.94. The Labute approximate surface area is 245 Å². The Kier molecular flexibility index (Phi) is 13.0. The Morgan fingerprint density at radius 2 is 1.57 bits per heavy atom. The van der Waals surface area contributed by atoms with Crippen molar-refractivity contribution in [1.82, 2.24) is 15.0 Å². The monoisotopic (exact) mass is 587 g/mol. The SMILES string of the molecule is CCCCCCCCCCCc1noc(-c2cccc(CN(Cc3ccccc3C(F)(F)F)C(=O)C(=O)OCC)c2)n1. The molecular weight excluding hydrogens is 547 g/mol. The van der Waals surface area contributed by atoms with E-state index in [0.29, 0.717) is 29.3 Å². The standard InChI is InChI=1S/C32H40F3N3O4/c1-3-5-6-7-8-9-10-11-12-20-28-36-29(42-37-28)25-18-15-16-24(21-25)22-38(30(39)31(40)41-4-2)23-26-17-13-14-19-27(26)32(33,34)35/h13-19,21H,3-12,20,22-23H2,1-2H3. The van der Waals surface area contributed by atoms with Crippen molar-refractivity contribution in [3.8, 4) is 11.5 Å². The lowest BCUT2D eigenvalue weighted by Gasteiger charge is -2.24. The van der Waals surface area contributed by atoms with E-state index in [1.54, 1.807) is 31.2 Å². The van der Waals surface area contributed by atoms with Crippen molar-refractivity contribution in [2.45, 2.75) is 97.3 Å². The molecule has 1 amide bonds. The van der Waals surface area contributed by atoms with Crippen molar-refractivity contribution >= 4 is 11.9 Å². The average molecular weight is 588 g/mol. The van der Waals surface area contributed by atoms with Crippen molar-refractivity contribution in [1.29, 1.82) is 0 Å². The highest BCUT2D eigenvalue weighted by molar-refractivity contribution is 6.32. The maximum absolute atomic E-state index is 13.6. The molecule has 10 heteroatoms. The molecule has 0 fully saturated rings. The van der Waals surface area contributed by atoms with Gasteiger partial charge in [0, 0.05) is 25.1 Å². The van der Waals surface area contributed by atoms with Crippen molar-refractivity contribution in [3.63, 3.8) is 0 Å². The molecule has 0 spiro atoms. The molecule has 7 nitrogen and oxygen atoms in total. The number of unbranched alkanes of at least 4 members (excludes halogenated alkanes) is 8. The van der Waals surface area contributed by atoms with Gasteiger partial charge in [0.25, 0.3) is 5.89 Å². The zero-order chi connectivity index (χ0) is 30.4. The lowest BCUT2D eigenvalue weighted by atomic mass is 10.1. The molecule has 228 valence electrons. The third kappa shape index (κ3) is 10.3. The molecule has 2 aromatic carbocycles. The van der Waals surface area contributed by atoms with Crippen LogP contribution < -0.4 is 0 Å². The number of benzene rings is 2. The molecule has 3 aromatic rings.